The highest BCUT2D eigenvalue weighted by Crippen LogP contribution is 2.29. The predicted octanol–water partition coefficient (Wildman–Crippen LogP) is 0.458. The van der Waals surface area contributed by atoms with Crippen molar-refractivity contribution in [3.05, 3.63) is 34.2 Å². The molecule has 0 aliphatic rings. The molecule has 0 fully saturated rings. The van der Waals surface area contributed by atoms with Crippen LogP contribution in [0.25, 0.3) is 10.1 Å². The van der Waals surface area contributed by atoms with Gasteiger partial charge in [0.2, 0.25) is 0 Å². The summed E-state index contributed by atoms with van der Waals surface area (Å²) in [6, 6.07) is 4.88. The van der Waals surface area contributed by atoms with Crippen molar-refractivity contribution in [1.82, 2.24) is 0 Å². The topological polar surface area (TPSA) is 67.8 Å². The van der Waals surface area contributed by atoms with Crippen LogP contribution in [-0.4, -0.2) is 12.0 Å². The number of carbonyl (C=O) groups is 1. The average molecular weight is 256 g/mol. The Bertz CT molecular complexity index is 538. The third kappa shape index (κ3) is 2.19. The second kappa shape index (κ2) is 4.41. The number of hydrogen-bond acceptors (Lipinski definition) is 3. The first-order chi connectivity index (χ1) is 7.58. The third-order valence-electron chi connectivity index (χ3n) is 2.42. The highest BCUT2D eigenvalue weighted by Gasteiger charge is 2.12. The highest BCUT2D eigenvalue weighted by molar-refractivity contribution is 7.17. The molecule has 1 atom stereocenters. The molecule has 0 aliphatic heterocycles. The molecule has 1 aromatic carbocycles. The van der Waals surface area contributed by atoms with Crippen molar-refractivity contribution in [3.63, 3.8) is 0 Å². The van der Waals surface area contributed by atoms with Crippen LogP contribution in [0.15, 0.2) is 23.6 Å². The molecule has 1 aromatic heterocycles. The summed E-state index contributed by atoms with van der Waals surface area (Å²) in [5, 5.41) is 14.2. The fraction of sp³-hybridized carbons (Fsp3) is 0.182. The maximum Gasteiger partial charge on any atom is 0.129 e. The molecule has 16 heavy (non-hydrogen) atoms. The molecule has 0 radical (unpaired) electrons. The molecule has 0 unspecified atom stereocenters. The lowest BCUT2D eigenvalue weighted by molar-refractivity contribution is -0.436. The van der Waals surface area contributed by atoms with Crippen molar-refractivity contribution in [1.29, 1.82) is 0 Å². The number of fused-ring (bicyclic) bond motifs is 1. The summed E-state index contributed by atoms with van der Waals surface area (Å²) in [5.74, 6) is -1.12. The van der Waals surface area contributed by atoms with E-state index in [1.807, 2.05) is 23.6 Å². The van der Waals surface area contributed by atoms with E-state index < -0.39 is 12.0 Å². The van der Waals surface area contributed by atoms with Crippen LogP contribution >= 0.6 is 22.9 Å². The Morgan fingerprint density at radius 3 is 3.00 bits per heavy atom. The van der Waals surface area contributed by atoms with E-state index in [0.29, 0.717) is 11.4 Å². The zero-order valence-corrected chi connectivity index (χ0v) is 9.98. The number of halogens is 1. The van der Waals surface area contributed by atoms with Crippen LogP contribution in [0.5, 0.6) is 0 Å². The van der Waals surface area contributed by atoms with Crippen LogP contribution in [0.1, 0.15) is 5.56 Å². The molecular formula is C11H10ClNO2S. The van der Waals surface area contributed by atoms with Gasteiger partial charge >= 0.3 is 0 Å². The third-order valence-corrected chi connectivity index (χ3v) is 3.66. The van der Waals surface area contributed by atoms with E-state index in [9.17, 15) is 9.90 Å². The Kier molecular flexibility index (Phi) is 3.14. The maximum atomic E-state index is 10.6. The summed E-state index contributed by atoms with van der Waals surface area (Å²) in [6.45, 7) is 0. The van der Waals surface area contributed by atoms with Crippen molar-refractivity contribution < 1.29 is 15.6 Å². The summed E-state index contributed by atoms with van der Waals surface area (Å²) in [4.78, 5) is 10.6. The maximum absolute atomic E-state index is 10.6. The second-order valence-electron chi connectivity index (χ2n) is 3.62. The number of carboxylic acids is 1. The van der Waals surface area contributed by atoms with Crippen molar-refractivity contribution in [2.24, 2.45) is 0 Å². The molecule has 0 spiro atoms. The van der Waals surface area contributed by atoms with E-state index in [2.05, 4.69) is 5.73 Å². The van der Waals surface area contributed by atoms with Gasteiger partial charge in [-0.2, -0.15) is 0 Å². The van der Waals surface area contributed by atoms with Gasteiger partial charge < -0.3 is 15.6 Å². The summed E-state index contributed by atoms with van der Waals surface area (Å²) in [7, 11) is 0. The van der Waals surface area contributed by atoms with Gasteiger partial charge in [-0.05, 0) is 34.5 Å². The Hall–Kier alpha value is -1.10. The predicted molar refractivity (Wildman–Crippen MR) is 62.2 cm³/mol. The van der Waals surface area contributed by atoms with Crippen LogP contribution in [0.4, 0.5) is 0 Å². The number of hydrogen-bond donors (Lipinski definition) is 1. The zero-order chi connectivity index (χ0) is 11.7. The van der Waals surface area contributed by atoms with Crippen LogP contribution in [0.3, 0.4) is 0 Å². The number of thiophene rings is 1. The number of carboxylic acid groups (broad SMARTS) is 1. The molecule has 3 N–H and O–H groups in total. The SMILES string of the molecule is [NH3+][C@@H](Cc1csc2ccc(Cl)cc12)C(=O)[O-]. The van der Waals surface area contributed by atoms with Crippen LogP contribution in [-0.2, 0) is 11.2 Å². The van der Waals surface area contributed by atoms with Gasteiger partial charge in [0.25, 0.3) is 0 Å². The van der Waals surface area contributed by atoms with Gasteiger partial charge in [0.05, 0.1) is 5.97 Å². The van der Waals surface area contributed by atoms with E-state index in [1.165, 1.54) is 0 Å². The number of rotatable bonds is 3. The van der Waals surface area contributed by atoms with Crippen molar-refractivity contribution in [2.45, 2.75) is 12.5 Å². The number of carbonyl (C=O) groups excluding carboxylic acids is 1. The molecular weight excluding hydrogens is 246 g/mol. The van der Waals surface area contributed by atoms with Crippen LogP contribution < -0.4 is 10.8 Å². The normalized spacial score (nSPS) is 12.9. The van der Waals surface area contributed by atoms with Gasteiger partial charge in [0.15, 0.2) is 0 Å². The first-order valence-electron chi connectivity index (χ1n) is 4.77. The second-order valence-corrected chi connectivity index (χ2v) is 4.97. The molecule has 0 amide bonds. The number of benzene rings is 1. The van der Waals surface area contributed by atoms with Crippen molar-refractivity contribution in [2.75, 3.05) is 0 Å². The van der Waals surface area contributed by atoms with Gasteiger partial charge in [-0.15, -0.1) is 11.3 Å². The lowest BCUT2D eigenvalue weighted by Gasteiger charge is -2.08. The van der Waals surface area contributed by atoms with Crippen LogP contribution in [0.2, 0.25) is 5.02 Å². The Labute approximate surface area is 101 Å². The average Bonchev–Trinajstić information content (AvgIpc) is 2.61. The highest BCUT2D eigenvalue weighted by atomic mass is 35.5. The molecule has 84 valence electrons. The Morgan fingerprint density at radius 2 is 2.31 bits per heavy atom. The van der Waals surface area contributed by atoms with Gasteiger partial charge in [0.1, 0.15) is 6.04 Å². The Balaban J connectivity index is 2.37. The Morgan fingerprint density at radius 1 is 1.56 bits per heavy atom. The largest absolute Gasteiger partial charge is 0.544 e. The zero-order valence-electron chi connectivity index (χ0n) is 8.40. The number of quaternary nitrogens is 1. The summed E-state index contributed by atoms with van der Waals surface area (Å²) < 4.78 is 1.10. The van der Waals surface area contributed by atoms with Gasteiger partial charge in [-0.25, -0.2) is 0 Å². The summed E-state index contributed by atoms with van der Waals surface area (Å²) in [5.41, 5.74) is 4.52. The van der Waals surface area contributed by atoms with Crippen molar-refractivity contribution >= 4 is 39.0 Å². The molecule has 0 aliphatic carbocycles. The van der Waals surface area contributed by atoms with E-state index in [0.717, 1.165) is 15.6 Å². The fourth-order valence-electron chi connectivity index (χ4n) is 1.56. The van der Waals surface area contributed by atoms with E-state index in [-0.39, 0.29) is 0 Å². The van der Waals surface area contributed by atoms with E-state index >= 15 is 0 Å². The van der Waals surface area contributed by atoms with Gasteiger partial charge in [-0.1, -0.05) is 11.6 Å². The fourth-order valence-corrected chi connectivity index (χ4v) is 2.69. The summed E-state index contributed by atoms with van der Waals surface area (Å²) in [6.07, 6.45) is 0.378. The van der Waals surface area contributed by atoms with Crippen molar-refractivity contribution in [3.8, 4) is 0 Å². The summed E-state index contributed by atoms with van der Waals surface area (Å²) >= 11 is 7.48. The lowest BCUT2D eigenvalue weighted by atomic mass is 10.1. The molecule has 2 aromatic rings. The molecule has 5 heteroatoms. The van der Waals surface area contributed by atoms with E-state index in [4.69, 9.17) is 11.6 Å². The standard InChI is InChI=1S/C11H10ClNO2S/c12-7-1-2-10-8(4-7)6(5-16-10)3-9(13)11(14)15/h1-2,4-5,9H,3,13H2,(H,14,15)/t9-/m0/s1. The number of aliphatic carboxylic acids is 1. The first kappa shape index (κ1) is 11.4. The molecule has 1 heterocycles. The first-order valence-corrected chi connectivity index (χ1v) is 6.03. The molecule has 0 bridgehead atoms. The van der Waals surface area contributed by atoms with Gasteiger partial charge in [0, 0.05) is 16.1 Å². The minimum absolute atomic E-state index is 0.378. The monoisotopic (exact) mass is 255 g/mol. The molecule has 0 saturated carbocycles. The minimum Gasteiger partial charge on any atom is -0.544 e. The quantitative estimate of drug-likeness (QED) is 0.866. The van der Waals surface area contributed by atoms with Crippen LogP contribution in [0, 0.1) is 0 Å². The molecule has 3 nitrogen and oxygen atoms in total. The lowest BCUT2D eigenvalue weighted by Crippen LogP contribution is -2.69. The van der Waals surface area contributed by atoms with Gasteiger partial charge in [-0.3, -0.25) is 0 Å². The van der Waals surface area contributed by atoms with E-state index in [1.54, 1.807) is 11.3 Å². The molecule has 0 saturated heterocycles. The molecule has 2 rings (SSSR count). The minimum atomic E-state index is -1.12. The smallest absolute Gasteiger partial charge is 0.129 e.